The van der Waals surface area contributed by atoms with Gasteiger partial charge in [-0.2, -0.15) is 5.10 Å². The van der Waals surface area contributed by atoms with Crippen LogP contribution >= 0.6 is 0 Å². The Morgan fingerprint density at radius 3 is 3.09 bits per heavy atom. The highest BCUT2D eigenvalue weighted by molar-refractivity contribution is 5.90. The first kappa shape index (κ1) is 17.2. The van der Waals surface area contributed by atoms with Crippen molar-refractivity contribution in [3.63, 3.8) is 0 Å². The lowest BCUT2D eigenvalue weighted by atomic mass is 9.94. The molecule has 1 aliphatic heterocycles. The maximum absolute atomic E-state index is 12.5. The second kappa shape index (κ2) is 7.92. The summed E-state index contributed by atoms with van der Waals surface area (Å²) in [4.78, 5) is 25.4. The van der Waals surface area contributed by atoms with E-state index < -0.39 is 12.0 Å². The molecule has 2 amide bonds. The molecule has 0 spiro atoms. The number of carbonyl (C=O) groups excluding carboxylic acids is 2. The van der Waals surface area contributed by atoms with Crippen LogP contribution in [0.25, 0.3) is 0 Å². The Bertz CT molecular complexity index is 569. The van der Waals surface area contributed by atoms with E-state index in [0.29, 0.717) is 13.2 Å². The first-order valence-electron chi connectivity index (χ1n) is 7.89. The number of nitrogens with two attached hydrogens (primary N) is 1. The number of nitrogens with zero attached hydrogens (tertiary/aromatic N) is 2. The van der Waals surface area contributed by atoms with E-state index >= 15 is 0 Å². The maximum atomic E-state index is 12.5. The molecule has 0 unspecified atom stereocenters. The highest BCUT2D eigenvalue weighted by Gasteiger charge is 2.29. The van der Waals surface area contributed by atoms with E-state index in [4.69, 9.17) is 10.5 Å². The number of amides is 2. The molecule has 1 aromatic heterocycles. The van der Waals surface area contributed by atoms with Crippen LogP contribution in [0, 0.1) is 0 Å². The highest BCUT2D eigenvalue weighted by atomic mass is 16.5. The number of hydrogen-bond acceptors (Lipinski definition) is 4. The molecule has 1 saturated heterocycles. The predicted molar refractivity (Wildman–Crippen MR) is 85.9 cm³/mol. The van der Waals surface area contributed by atoms with Crippen LogP contribution < -0.4 is 5.73 Å². The molecule has 0 aromatic carbocycles. The molecule has 7 nitrogen and oxygen atoms in total. The average Bonchev–Trinajstić information content (AvgIpc) is 3.04. The number of nitrogens with one attached hydrogen (secondary N) is 1. The summed E-state index contributed by atoms with van der Waals surface area (Å²) in [5, 5.41) is 6.77. The minimum atomic E-state index is -0.555. The Hall–Kier alpha value is -2.15. The van der Waals surface area contributed by atoms with Crippen molar-refractivity contribution in [1.29, 1.82) is 0 Å². The van der Waals surface area contributed by atoms with Crippen LogP contribution in [0.4, 0.5) is 0 Å². The van der Waals surface area contributed by atoms with E-state index in [1.807, 2.05) is 4.90 Å². The van der Waals surface area contributed by atoms with E-state index in [9.17, 15) is 9.59 Å². The van der Waals surface area contributed by atoms with Gasteiger partial charge in [-0.3, -0.25) is 14.7 Å². The standard InChI is InChI=1S/C16H24N4O3/c1-3-4-8-23-11(2)16(22)20-7-5-6-12(10-20)13-9-14(15(17)21)19-18-13/h3,9,11-12H,1,4-8,10H2,2H3,(H2,17,21)(H,18,19)/t11-,12-/m0/s1. The lowest BCUT2D eigenvalue weighted by molar-refractivity contribution is -0.143. The summed E-state index contributed by atoms with van der Waals surface area (Å²) in [5.74, 6) is -0.428. The SMILES string of the molecule is C=CCCO[C@@H](C)C(=O)N1CCC[C@H](c2cc(C(N)=O)n[nH]2)C1. The molecule has 126 valence electrons. The summed E-state index contributed by atoms with van der Waals surface area (Å²) in [6.07, 6.45) is 3.88. The topological polar surface area (TPSA) is 101 Å². The molecule has 0 saturated carbocycles. The largest absolute Gasteiger partial charge is 0.368 e. The fraction of sp³-hybridized carbons (Fsp3) is 0.562. The zero-order valence-electron chi connectivity index (χ0n) is 13.5. The van der Waals surface area contributed by atoms with E-state index in [1.165, 1.54) is 0 Å². The Balaban J connectivity index is 1.95. The van der Waals surface area contributed by atoms with Crippen molar-refractivity contribution in [3.05, 3.63) is 30.1 Å². The molecular weight excluding hydrogens is 296 g/mol. The van der Waals surface area contributed by atoms with Gasteiger partial charge < -0.3 is 15.4 Å². The summed E-state index contributed by atoms with van der Waals surface area (Å²) in [6.45, 7) is 7.22. The Morgan fingerprint density at radius 2 is 2.43 bits per heavy atom. The van der Waals surface area contributed by atoms with Crippen molar-refractivity contribution < 1.29 is 14.3 Å². The molecular formula is C16H24N4O3. The Morgan fingerprint density at radius 1 is 1.65 bits per heavy atom. The molecule has 7 heteroatoms. The van der Waals surface area contributed by atoms with Crippen LogP contribution in [-0.2, 0) is 9.53 Å². The van der Waals surface area contributed by atoms with Crippen LogP contribution in [0.2, 0.25) is 0 Å². The second-order valence-electron chi connectivity index (χ2n) is 5.79. The molecule has 1 aliphatic rings. The number of rotatable bonds is 7. The van der Waals surface area contributed by atoms with Gasteiger partial charge in [-0.15, -0.1) is 6.58 Å². The van der Waals surface area contributed by atoms with Crippen molar-refractivity contribution in [3.8, 4) is 0 Å². The van der Waals surface area contributed by atoms with Gasteiger partial charge in [0.15, 0.2) is 0 Å². The number of aromatic amines is 1. The second-order valence-corrected chi connectivity index (χ2v) is 5.79. The van der Waals surface area contributed by atoms with Crippen molar-refractivity contribution in [2.45, 2.75) is 38.2 Å². The van der Waals surface area contributed by atoms with E-state index in [2.05, 4.69) is 16.8 Å². The summed E-state index contributed by atoms with van der Waals surface area (Å²) in [7, 11) is 0. The van der Waals surface area contributed by atoms with Gasteiger partial charge in [-0.25, -0.2) is 0 Å². The lowest BCUT2D eigenvalue weighted by Crippen LogP contribution is -2.44. The number of aromatic nitrogens is 2. The fourth-order valence-corrected chi connectivity index (χ4v) is 2.76. The number of likely N-dealkylation sites (tertiary alicyclic amines) is 1. The number of ether oxygens (including phenoxy) is 1. The minimum Gasteiger partial charge on any atom is -0.368 e. The zero-order chi connectivity index (χ0) is 16.8. The maximum Gasteiger partial charge on any atom is 0.269 e. The molecule has 3 N–H and O–H groups in total. The average molecular weight is 320 g/mol. The first-order chi connectivity index (χ1) is 11.0. The quantitative estimate of drug-likeness (QED) is 0.582. The molecule has 1 aromatic rings. The number of carbonyl (C=O) groups is 2. The van der Waals surface area contributed by atoms with Crippen molar-refractivity contribution in [1.82, 2.24) is 15.1 Å². The van der Waals surface area contributed by atoms with Crippen LogP contribution in [0.3, 0.4) is 0 Å². The molecule has 0 bridgehead atoms. The molecule has 23 heavy (non-hydrogen) atoms. The van der Waals surface area contributed by atoms with Crippen LogP contribution in [0.5, 0.6) is 0 Å². The predicted octanol–water partition coefficient (Wildman–Crippen LogP) is 1.20. The summed E-state index contributed by atoms with van der Waals surface area (Å²) in [6, 6.07) is 1.67. The summed E-state index contributed by atoms with van der Waals surface area (Å²) < 4.78 is 5.53. The van der Waals surface area contributed by atoms with Gasteiger partial charge in [0.05, 0.1) is 6.61 Å². The smallest absolute Gasteiger partial charge is 0.269 e. The van der Waals surface area contributed by atoms with Gasteiger partial charge >= 0.3 is 0 Å². The molecule has 0 radical (unpaired) electrons. The van der Waals surface area contributed by atoms with Crippen LogP contribution in [0.1, 0.15) is 48.3 Å². The van der Waals surface area contributed by atoms with Gasteiger partial charge in [0.25, 0.3) is 11.8 Å². The molecule has 0 aliphatic carbocycles. The van der Waals surface area contributed by atoms with Gasteiger partial charge in [0, 0.05) is 24.7 Å². The lowest BCUT2D eigenvalue weighted by Gasteiger charge is -2.33. The Kier molecular flexibility index (Phi) is 5.92. The van der Waals surface area contributed by atoms with Crippen molar-refractivity contribution in [2.24, 2.45) is 5.73 Å². The monoisotopic (exact) mass is 320 g/mol. The highest BCUT2D eigenvalue weighted by Crippen LogP contribution is 2.26. The number of H-pyrrole nitrogens is 1. The molecule has 2 atom stereocenters. The van der Waals surface area contributed by atoms with Crippen LogP contribution in [-0.4, -0.2) is 52.7 Å². The third-order valence-electron chi connectivity index (χ3n) is 4.06. The molecule has 2 heterocycles. The number of piperidine rings is 1. The third-order valence-corrected chi connectivity index (χ3v) is 4.06. The van der Waals surface area contributed by atoms with Gasteiger partial charge in [0.2, 0.25) is 0 Å². The van der Waals surface area contributed by atoms with Gasteiger partial charge in [-0.1, -0.05) is 6.08 Å². The van der Waals surface area contributed by atoms with E-state index in [0.717, 1.165) is 31.5 Å². The van der Waals surface area contributed by atoms with Gasteiger partial charge in [0.1, 0.15) is 11.8 Å². The Labute approximate surface area is 135 Å². The van der Waals surface area contributed by atoms with Crippen LogP contribution in [0.15, 0.2) is 18.7 Å². The van der Waals surface area contributed by atoms with Gasteiger partial charge in [-0.05, 0) is 32.3 Å². The van der Waals surface area contributed by atoms with E-state index in [-0.39, 0.29) is 17.5 Å². The van der Waals surface area contributed by atoms with Crippen molar-refractivity contribution >= 4 is 11.8 Å². The number of primary amides is 1. The number of hydrogen-bond donors (Lipinski definition) is 2. The van der Waals surface area contributed by atoms with E-state index in [1.54, 1.807) is 19.1 Å². The summed E-state index contributed by atoms with van der Waals surface area (Å²) in [5.41, 5.74) is 6.29. The normalized spacial score (nSPS) is 19.3. The molecule has 1 fully saturated rings. The fourth-order valence-electron chi connectivity index (χ4n) is 2.76. The minimum absolute atomic E-state index is 0.00611. The third kappa shape index (κ3) is 4.41. The first-order valence-corrected chi connectivity index (χ1v) is 7.89. The molecule has 2 rings (SSSR count). The van der Waals surface area contributed by atoms with Crippen molar-refractivity contribution in [2.75, 3.05) is 19.7 Å². The summed E-state index contributed by atoms with van der Waals surface area (Å²) >= 11 is 0. The zero-order valence-corrected chi connectivity index (χ0v) is 13.5.